The van der Waals surface area contributed by atoms with Crippen LogP contribution in [0.3, 0.4) is 0 Å². The molecule has 10 nitrogen and oxygen atoms in total. The van der Waals surface area contributed by atoms with Crippen LogP contribution in [0.15, 0.2) is 109 Å². The third-order valence-corrected chi connectivity index (χ3v) is 8.58. The number of benzene rings is 4. The summed E-state index contributed by atoms with van der Waals surface area (Å²) in [5.41, 5.74) is 1.87. The number of ether oxygens (including phenoxy) is 6. The zero-order chi connectivity index (χ0) is 43.5. The first-order valence-electron chi connectivity index (χ1n) is 18.2. The Morgan fingerprint density at radius 3 is 1.47 bits per heavy atom. The van der Waals surface area contributed by atoms with Crippen molar-refractivity contribution in [1.82, 2.24) is 0 Å². The summed E-state index contributed by atoms with van der Waals surface area (Å²) in [5.74, 6) is -0.645. The van der Waals surface area contributed by atoms with Crippen molar-refractivity contribution in [2.45, 2.75) is 48.3 Å². The van der Waals surface area contributed by atoms with Crippen LogP contribution in [0.1, 0.15) is 59.0 Å². The number of aliphatic hydroxyl groups is 1. The van der Waals surface area contributed by atoms with E-state index in [9.17, 15) is 45.8 Å². The largest absolute Gasteiger partial charge is 0.494 e. The van der Waals surface area contributed by atoms with Crippen LogP contribution in [-0.2, 0) is 19.1 Å². The van der Waals surface area contributed by atoms with Crippen LogP contribution in [0, 0.1) is 0 Å². The number of alkyl halides is 7. The van der Waals surface area contributed by atoms with Gasteiger partial charge in [0.15, 0.2) is 0 Å². The highest BCUT2D eigenvalue weighted by Gasteiger charge is 2.27. The Kier molecular flexibility index (Phi) is 18.3. The van der Waals surface area contributed by atoms with E-state index in [2.05, 4.69) is 0 Å². The lowest BCUT2D eigenvalue weighted by Crippen LogP contribution is -2.19. The van der Waals surface area contributed by atoms with E-state index in [1.807, 2.05) is 22.6 Å². The smallest absolute Gasteiger partial charge is 0.389 e. The van der Waals surface area contributed by atoms with Gasteiger partial charge in [-0.05, 0) is 109 Å². The minimum Gasteiger partial charge on any atom is -0.494 e. The molecule has 0 fully saturated rings. The fourth-order valence-electron chi connectivity index (χ4n) is 4.83. The number of rotatable bonds is 21. The van der Waals surface area contributed by atoms with Crippen molar-refractivity contribution in [2.24, 2.45) is 0 Å². The van der Waals surface area contributed by atoms with Crippen molar-refractivity contribution in [2.75, 3.05) is 26.4 Å². The normalized spacial score (nSPS) is 12.8. The first-order chi connectivity index (χ1) is 28.5. The maximum Gasteiger partial charge on any atom is 0.389 e. The van der Waals surface area contributed by atoms with Crippen molar-refractivity contribution in [3.05, 3.63) is 131 Å². The van der Waals surface area contributed by atoms with Gasteiger partial charge < -0.3 is 33.5 Å². The topological polar surface area (TPSA) is 127 Å². The number of hydrogen-bond acceptors (Lipinski definition) is 10. The molecular formula is C43H39F6IO10. The van der Waals surface area contributed by atoms with E-state index < -0.39 is 49.4 Å². The van der Waals surface area contributed by atoms with E-state index in [0.717, 1.165) is 0 Å². The minimum absolute atomic E-state index is 0.0278. The number of halogens is 7. The second-order valence-corrected chi connectivity index (χ2v) is 14.5. The molecule has 0 aromatic heterocycles. The fourth-order valence-corrected chi connectivity index (χ4v) is 5.19. The Morgan fingerprint density at radius 2 is 1.02 bits per heavy atom. The second-order valence-electron chi connectivity index (χ2n) is 12.7. The van der Waals surface area contributed by atoms with E-state index in [-0.39, 0.29) is 54.5 Å². The van der Waals surface area contributed by atoms with E-state index >= 15 is 0 Å². The zero-order valence-electron chi connectivity index (χ0n) is 31.6. The van der Waals surface area contributed by atoms with Gasteiger partial charge in [0.25, 0.3) is 0 Å². The molecule has 1 N–H and O–H groups in total. The molecular weight excluding hydrogens is 917 g/mol. The van der Waals surface area contributed by atoms with Gasteiger partial charge in [0, 0.05) is 30.6 Å². The van der Waals surface area contributed by atoms with Crippen LogP contribution in [0.25, 0.3) is 12.2 Å². The molecule has 0 aliphatic rings. The number of carbonyl (C=O) groups excluding carboxylic acids is 3. The Hall–Kier alpha value is -5.56. The highest BCUT2D eigenvalue weighted by atomic mass is 127. The van der Waals surface area contributed by atoms with Crippen LogP contribution in [0.2, 0.25) is 0 Å². The number of aliphatic hydroxyl groups excluding tert-OH is 1. The van der Waals surface area contributed by atoms with Gasteiger partial charge in [-0.15, -0.1) is 0 Å². The van der Waals surface area contributed by atoms with Crippen LogP contribution in [0.4, 0.5) is 26.3 Å². The van der Waals surface area contributed by atoms with Gasteiger partial charge in [0.1, 0.15) is 36.2 Å². The average molecular weight is 957 g/mol. The lowest BCUT2D eigenvalue weighted by atomic mass is 10.2. The van der Waals surface area contributed by atoms with Crippen molar-refractivity contribution >= 4 is 52.7 Å². The SMILES string of the molecule is O=C(/C=C/c1ccc(OC(=O)c2ccc(OCCCC(F)(F)F)cc2)cc1)OCC(I)COC(=O)/C=C/c1ccc(OC(O)c2ccc(OCCCC(F)(F)F)cc2)cc1. The molecule has 320 valence electrons. The summed E-state index contributed by atoms with van der Waals surface area (Å²) in [6.45, 7) is -0.268. The van der Waals surface area contributed by atoms with Crippen molar-refractivity contribution < 1.29 is 74.3 Å². The van der Waals surface area contributed by atoms with Crippen molar-refractivity contribution in [3.63, 3.8) is 0 Å². The van der Waals surface area contributed by atoms with Gasteiger partial charge in [-0.3, -0.25) is 0 Å². The highest BCUT2D eigenvalue weighted by Crippen LogP contribution is 2.25. The van der Waals surface area contributed by atoms with Crippen molar-refractivity contribution in [3.8, 4) is 23.0 Å². The molecule has 0 radical (unpaired) electrons. The van der Waals surface area contributed by atoms with Crippen molar-refractivity contribution in [1.29, 1.82) is 0 Å². The van der Waals surface area contributed by atoms with Crippen LogP contribution in [-0.4, -0.2) is 65.7 Å². The quantitative estimate of drug-likeness (QED) is 0.0126. The molecule has 0 amide bonds. The van der Waals surface area contributed by atoms with E-state index in [1.54, 1.807) is 36.4 Å². The lowest BCUT2D eigenvalue weighted by Gasteiger charge is -2.15. The Balaban J connectivity index is 1.10. The molecule has 60 heavy (non-hydrogen) atoms. The highest BCUT2D eigenvalue weighted by molar-refractivity contribution is 14.1. The molecule has 0 aliphatic heterocycles. The Morgan fingerprint density at radius 1 is 0.600 bits per heavy atom. The molecule has 0 bridgehead atoms. The Labute approximate surface area is 354 Å². The summed E-state index contributed by atoms with van der Waals surface area (Å²) in [7, 11) is 0. The van der Waals surface area contributed by atoms with Gasteiger partial charge in [0.2, 0.25) is 6.29 Å². The van der Waals surface area contributed by atoms with E-state index in [0.29, 0.717) is 33.9 Å². The molecule has 0 saturated heterocycles. The van der Waals surface area contributed by atoms with Crippen LogP contribution in [0.5, 0.6) is 23.0 Å². The molecule has 4 aromatic carbocycles. The summed E-state index contributed by atoms with van der Waals surface area (Å²) < 4.78 is 105. The third kappa shape index (κ3) is 18.6. The van der Waals surface area contributed by atoms with Gasteiger partial charge in [0.05, 0.1) is 22.7 Å². The average Bonchev–Trinajstić information content (AvgIpc) is 3.21. The summed E-state index contributed by atoms with van der Waals surface area (Å²) in [4.78, 5) is 37.0. The second kappa shape index (κ2) is 23.3. The van der Waals surface area contributed by atoms with Crippen LogP contribution < -0.4 is 18.9 Å². The zero-order valence-corrected chi connectivity index (χ0v) is 33.8. The fraction of sp³-hybridized carbons (Fsp3) is 0.279. The van der Waals surface area contributed by atoms with E-state index in [4.69, 9.17) is 28.4 Å². The lowest BCUT2D eigenvalue weighted by molar-refractivity contribution is -0.140. The monoisotopic (exact) mass is 956 g/mol. The minimum atomic E-state index is -4.25. The molecule has 4 rings (SSSR count). The molecule has 17 heteroatoms. The van der Waals surface area contributed by atoms with Crippen LogP contribution >= 0.6 is 22.6 Å². The third-order valence-electron chi connectivity index (χ3n) is 7.86. The predicted octanol–water partition coefficient (Wildman–Crippen LogP) is 10.0. The Bertz CT molecular complexity index is 2020. The summed E-state index contributed by atoms with van der Waals surface area (Å²) in [6.07, 6.45) is -6.57. The number of hydrogen-bond donors (Lipinski definition) is 1. The molecule has 4 aromatic rings. The maximum absolute atomic E-state index is 12.5. The first-order valence-corrected chi connectivity index (χ1v) is 19.5. The summed E-state index contributed by atoms with van der Waals surface area (Å²) >= 11 is 1.98. The summed E-state index contributed by atoms with van der Waals surface area (Å²) in [6, 6.07) is 24.7. The molecule has 0 heterocycles. The van der Waals surface area contributed by atoms with Gasteiger partial charge in [-0.2, -0.15) is 26.3 Å². The molecule has 2 atom stereocenters. The van der Waals surface area contributed by atoms with E-state index in [1.165, 1.54) is 85.0 Å². The summed E-state index contributed by atoms with van der Waals surface area (Å²) in [5, 5.41) is 10.4. The molecule has 0 spiro atoms. The standard InChI is InChI=1S/C43H39F6IO10/c44-42(45,46)23-1-25-55-34-17-9-31(10-18-34)40(53)59-36-13-3-29(4-14-36)7-21-38(51)57-27-33(50)28-58-39(52)22-8-30-5-15-37(16-6-30)60-41(54)32-11-19-35(20-12-32)56-26-2-24-43(47,48)49/h3-22,33,40,53H,1-2,23-28H2/b21-7+,22-8+. The first kappa shape index (κ1) is 47.1. The maximum atomic E-state index is 12.5. The predicted molar refractivity (Wildman–Crippen MR) is 216 cm³/mol. The number of esters is 3. The van der Waals surface area contributed by atoms with Gasteiger partial charge in [-0.25, -0.2) is 14.4 Å². The molecule has 0 aliphatic carbocycles. The molecule has 2 unspecified atom stereocenters. The molecule has 0 saturated carbocycles. The van der Waals surface area contributed by atoms with Gasteiger partial charge in [-0.1, -0.05) is 46.9 Å². The van der Waals surface area contributed by atoms with Gasteiger partial charge >= 0.3 is 30.3 Å². The number of carbonyl (C=O) groups is 3.